The minimum Gasteiger partial charge on any atom is -0.370 e. The van der Waals surface area contributed by atoms with Gasteiger partial charge >= 0.3 is 0 Å². The summed E-state index contributed by atoms with van der Waals surface area (Å²) in [5.74, 6) is 1.58. The molecule has 3 heterocycles. The van der Waals surface area contributed by atoms with Crippen LogP contribution < -0.4 is 4.90 Å². The fourth-order valence-electron chi connectivity index (χ4n) is 3.30. The van der Waals surface area contributed by atoms with E-state index in [0.717, 1.165) is 28.9 Å². The van der Waals surface area contributed by atoms with Crippen LogP contribution in [0.1, 0.15) is 24.6 Å². The largest absolute Gasteiger partial charge is 0.370 e. The molecule has 1 unspecified atom stereocenters. The molecule has 0 amide bonds. The number of halogens is 1. The third-order valence-electron chi connectivity index (χ3n) is 4.35. The van der Waals surface area contributed by atoms with Gasteiger partial charge in [0, 0.05) is 53.1 Å². The van der Waals surface area contributed by atoms with Gasteiger partial charge in [0.05, 0.1) is 5.52 Å². The first kappa shape index (κ1) is 13.8. The number of nitrogens with one attached hydrogen (secondary N) is 1. The minimum atomic E-state index is 0.474. The molecule has 4 nitrogen and oxygen atoms in total. The Balaban J connectivity index is 1.69. The summed E-state index contributed by atoms with van der Waals surface area (Å²) >= 11 is 3.52. The number of hydrogen-bond donors (Lipinski definition) is 1. The van der Waals surface area contributed by atoms with Crippen molar-refractivity contribution in [2.24, 2.45) is 0 Å². The van der Waals surface area contributed by atoms with Crippen molar-refractivity contribution < 1.29 is 0 Å². The molecule has 0 bridgehead atoms. The second-order valence-electron chi connectivity index (χ2n) is 5.75. The van der Waals surface area contributed by atoms with Gasteiger partial charge in [-0.2, -0.15) is 0 Å². The Kier molecular flexibility index (Phi) is 3.58. The lowest BCUT2D eigenvalue weighted by Gasteiger charge is -2.34. The summed E-state index contributed by atoms with van der Waals surface area (Å²) in [4.78, 5) is 14.7. The highest BCUT2D eigenvalue weighted by Gasteiger charge is 2.24. The molecule has 1 aromatic carbocycles. The molecule has 1 aliphatic heterocycles. The van der Waals surface area contributed by atoms with Crippen LogP contribution in [-0.4, -0.2) is 28.0 Å². The summed E-state index contributed by atoms with van der Waals surface area (Å²) in [6.07, 6.45) is 8.03. The average Bonchev–Trinajstić information content (AvgIpc) is 3.08. The van der Waals surface area contributed by atoms with Gasteiger partial charge in [-0.1, -0.05) is 15.9 Å². The van der Waals surface area contributed by atoms with Crippen LogP contribution in [0.15, 0.2) is 47.3 Å². The van der Waals surface area contributed by atoms with Gasteiger partial charge in [0.1, 0.15) is 5.82 Å². The number of nitrogens with zero attached hydrogens (tertiary/aromatic N) is 3. The van der Waals surface area contributed by atoms with E-state index in [0.29, 0.717) is 5.92 Å². The second kappa shape index (κ2) is 5.72. The Labute approximate surface area is 137 Å². The summed E-state index contributed by atoms with van der Waals surface area (Å²) in [7, 11) is 0. The molecule has 4 rings (SSSR count). The predicted octanol–water partition coefficient (Wildman–Crippen LogP) is 4.10. The summed E-state index contributed by atoms with van der Waals surface area (Å²) < 4.78 is 1.07. The monoisotopic (exact) mass is 356 g/mol. The highest BCUT2D eigenvalue weighted by atomic mass is 79.9. The number of pyridine rings is 1. The van der Waals surface area contributed by atoms with E-state index in [-0.39, 0.29) is 0 Å². The lowest BCUT2D eigenvalue weighted by atomic mass is 9.96. The van der Waals surface area contributed by atoms with E-state index in [4.69, 9.17) is 0 Å². The molecule has 1 aliphatic rings. The molecule has 22 heavy (non-hydrogen) atoms. The van der Waals surface area contributed by atoms with Crippen molar-refractivity contribution in [2.75, 3.05) is 18.0 Å². The Morgan fingerprint density at radius 1 is 1.18 bits per heavy atom. The zero-order valence-electron chi connectivity index (χ0n) is 12.2. The third kappa shape index (κ3) is 2.50. The van der Waals surface area contributed by atoms with Crippen molar-refractivity contribution in [1.29, 1.82) is 0 Å². The van der Waals surface area contributed by atoms with Gasteiger partial charge in [0.2, 0.25) is 0 Å². The van der Waals surface area contributed by atoms with E-state index in [2.05, 4.69) is 60.0 Å². The SMILES string of the molecule is Brc1ccc2c(N3CCCC(c4ncc[nH]4)C3)ccnc2c1. The van der Waals surface area contributed by atoms with E-state index in [1.165, 1.54) is 23.9 Å². The van der Waals surface area contributed by atoms with Crippen LogP contribution in [0.25, 0.3) is 10.9 Å². The Hall–Kier alpha value is -1.88. The lowest BCUT2D eigenvalue weighted by molar-refractivity contribution is 0.495. The predicted molar refractivity (Wildman–Crippen MR) is 92.2 cm³/mol. The van der Waals surface area contributed by atoms with Gasteiger partial charge in [0.25, 0.3) is 0 Å². The molecule has 1 fully saturated rings. The van der Waals surface area contributed by atoms with Crippen molar-refractivity contribution in [1.82, 2.24) is 15.0 Å². The highest BCUT2D eigenvalue weighted by Crippen LogP contribution is 2.32. The fourth-order valence-corrected chi connectivity index (χ4v) is 3.65. The van der Waals surface area contributed by atoms with E-state index < -0.39 is 0 Å². The number of benzene rings is 1. The number of hydrogen-bond acceptors (Lipinski definition) is 3. The van der Waals surface area contributed by atoms with Crippen LogP contribution in [0.4, 0.5) is 5.69 Å². The summed E-state index contributed by atoms with van der Waals surface area (Å²) in [6, 6.07) is 8.44. The molecule has 0 radical (unpaired) electrons. The van der Waals surface area contributed by atoms with Crippen LogP contribution in [0.2, 0.25) is 0 Å². The maximum Gasteiger partial charge on any atom is 0.110 e. The Morgan fingerprint density at radius 3 is 3.00 bits per heavy atom. The second-order valence-corrected chi connectivity index (χ2v) is 6.67. The number of anilines is 1. The van der Waals surface area contributed by atoms with Crippen molar-refractivity contribution in [2.45, 2.75) is 18.8 Å². The molecule has 1 N–H and O–H groups in total. The van der Waals surface area contributed by atoms with E-state index >= 15 is 0 Å². The third-order valence-corrected chi connectivity index (χ3v) is 4.84. The normalized spacial score (nSPS) is 18.8. The molecular formula is C17H17BrN4. The molecule has 0 aliphatic carbocycles. The van der Waals surface area contributed by atoms with Crippen molar-refractivity contribution in [3.05, 3.63) is 53.2 Å². The minimum absolute atomic E-state index is 0.474. The van der Waals surface area contributed by atoms with E-state index in [1.54, 1.807) is 0 Å². The number of H-pyrrole nitrogens is 1. The lowest BCUT2D eigenvalue weighted by Crippen LogP contribution is -2.34. The van der Waals surface area contributed by atoms with Crippen LogP contribution in [0.3, 0.4) is 0 Å². The molecule has 0 saturated carbocycles. The maximum absolute atomic E-state index is 4.49. The number of aromatic nitrogens is 3. The number of piperidine rings is 1. The summed E-state index contributed by atoms with van der Waals surface area (Å²) in [5.41, 5.74) is 2.31. The van der Waals surface area contributed by atoms with Crippen molar-refractivity contribution in [3.8, 4) is 0 Å². The number of imidazole rings is 1. The molecule has 1 saturated heterocycles. The molecule has 3 aromatic rings. The first-order chi connectivity index (χ1) is 10.8. The Bertz CT molecular complexity index is 784. The summed E-state index contributed by atoms with van der Waals surface area (Å²) in [5, 5.41) is 1.21. The zero-order valence-corrected chi connectivity index (χ0v) is 13.8. The molecule has 0 spiro atoms. The molecule has 112 valence electrons. The highest BCUT2D eigenvalue weighted by molar-refractivity contribution is 9.10. The van der Waals surface area contributed by atoms with Crippen LogP contribution in [0, 0.1) is 0 Å². The van der Waals surface area contributed by atoms with Gasteiger partial charge in [-0.25, -0.2) is 4.98 Å². The number of fused-ring (bicyclic) bond motifs is 1. The van der Waals surface area contributed by atoms with Gasteiger partial charge < -0.3 is 9.88 Å². The smallest absolute Gasteiger partial charge is 0.110 e. The topological polar surface area (TPSA) is 44.8 Å². The van der Waals surface area contributed by atoms with Crippen LogP contribution in [-0.2, 0) is 0 Å². The number of rotatable bonds is 2. The van der Waals surface area contributed by atoms with Crippen molar-refractivity contribution >= 4 is 32.5 Å². The van der Waals surface area contributed by atoms with Gasteiger partial charge in [-0.15, -0.1) is 0 Å². The standard InChI is InChI=1S/C17H17BrN4/c18-13-3-4-14-15(10-13)19-6-5-16(14)22-9-1-2-12(11-22)17-20-7-8-21-17/h3-8,10,12H,1-2,9,11H2,(H,20,21). The number of aromatic amines is 1. The zero-order chi connectivity index (χ0) is 14.9. The molecule has 5 heteroatoms. The molecule has 2 aromatic heterocycles. The first-order valence-electron chi connectivity index (χ1n) is 7.60. The maximum atomic E-state index is 4.49. The molecular weight excluding hydrogens is 340 g/mol. The van der Waals surface area contributed by atoms with Crippen molar-refractivity contribution in [3.63, 3.8) is 0 Å². The summed E-state index contributed by atoms with van der Waals surface area (Å²) in [6.45, 7) is 2.09. The molecule has 1 atom stereocenters. The average molecular weight is 357 g/mol. The van der Waals surface area contributed by atoms with Gasteiger partial charge in [-0.05, 0) is 37.1 Å². The van der Waals surface area contributed by atoms with Gasteiger partial charge in [0.15, 0.2) is 0 Å². The van der Waals surface area contributed by atoms with E-state index in [1.807, 2.05) is 18.6 Å². The first-order valence-corrected chi connectivity index (χ1v) is 8.39. The Morgan fingerprint density at radius 2 is 2.14 bits per heavy atom. The van der Waals surface area contributed by atoms with E-state index in [9.17, 15) is 0 Å². The quantitative estimate of drug-likeness (QED) is 0.751. The van der Waals surface area contributed by atoms with Gasteiger partial charge in [-0.3, -0.25) is 4.98 Å². The van der Waals surface area contributed by atoms with Crippen LogP contribution in [0.5, 0.6) is 0 Å². The van der Waals surface area contributed by atoms with Crippen LogP contribution >= 0.6 is 15.9 Å². The fraction of sp³-hybridized carbons (Fsp3) is 0.294.